The molecule has 2 heterocycles. The molecule has 102 valence electrons. The number of nitrogens with one attached hydrogen (secondary N) is 1. The van der Waals surface area contributed by atoms with Gasteiger partial charge in [0.1, 0.15) is 0 Å². The SMILES string of the molecule is Brc1cccc(-c2[nH]c3ccccc3c2-c2cccs2)c1. The summed E-state index contributed by atoms with van der Waals surface area (Å²) < 4.78 is 1.09. The highest BCUT2D eigenvalue weighted by Gasteiger charge is 2.15. The van der Waals surface area contributed by atoms with Gasteiger partial charge in [-0.1, -0.05) is 52.3 Å². The minimum Gasteiger partial charge on any atom is -0.354 e. The van der Waals surface area contributed by atoms with Crippen molar-refractivity contribution in [3.8, 4) is 21.7 Å². The number of H-pyrrole nitrogens is 1. The monoisotopic (exact) mass is 353 g/mol. The van der Waals surface area contributed by atoms with Crippen molar-refractivity contribution < 1.29 is 0 Å². The second kappa shape index (κ2) is 5.17. The molecule has 0 aliphatic rings. The summed E-state index contributed by atoms with van der Waals surface area (Å²) in [7, 11) is 0. The topological polar surface area (TPSA) is 15.8 Å². The standard InChI is InChI=1S/C18H12BrNS/c19-13-6-3-5-12(11-13)18-17(16-9-4-10-21-16)14-7-1-2-8-15(14)20-18/h1-11,20H. The molecule has 0 radical (unpaired) electrons. The number of halogens is 1. The summed E-state index contributed by atoms with van der Waals surface area (Å²) in [5, 5.41) is 3.40. The second-order valence-corrected chi connectivity index (χ2v) is 6.77. The van der Waals surface area contributed by atoms with Gasteiger partial charge in [-0.15, -0.1) is 11.3 Å². The molecule has 2 aromatic carbocycles. The van der Waals surface area contributed by atoms with Gasteiger partial charge >= 0.3 is 0 Å². The van der Waals surface area contributed by atoms with Gasteiger partial charge in [0.15, 0.2) is 0 Å². The average Bonchev–Trinajstić information content (AvgIpc) is 3.14. The third-order valence-electron chi connectivity index (χ3n) is 3.59. The van der Waals surface area contributed by atoms with Gasteiger partial charge in [-0.2, -0.15) is 0 Å². The number of thiophene rings is 1. The molecule has 0 saturated heterocycles. The smallest absolute Gasteiger partial charge is 0.0553 e. The molecule has 0 aliphatic carbocycles. The lowest BCUT2D eigenvalue weighted by molar-refractivity contribution is 1.45. The van der Waals surface area contributed by atoms with Crippen molar-refractivity contribution in [1.82, 2.24) is 4.98 Å². The Morgan fingerprint density at radius 1 is 0.905 bits per heavy atom. The first-order valence-corrected chi connectivity index (χ1v) is 8.41. The molecule has 0 unspecified atom stereocenters. The Balaban J connectivity index is 2.07. The molecule has 4 rings (SSSR count). The van der Waals surface area contributed by atoms with Crippen LogP contribution in [-0.4, -0.2) is 4.98 Å². The summed E-state index contributed by atoms with van der Waals surface area (Å²) >= 11 is 5.34. The van der Waals surface area contributed by atoms with Crippen LogP contribution >= 0.6 is 27.3 Å². The first-order chi connectivity index (χ1) is 10.3. The Morgan fingerprint density at radius 3 is 2.62 bits per heavy atom. The minimum atomic E-state index is 1.09. The van der Waals surface area contributed by atoms with Gasteiger partial charge in [0.25, 0.3) is 0 Å². The van der Waals surface area contributed by atoms with Crippen molar-refractivity contribution in [1.29, 1.82) is 0 Å². The predicted molar refractivity (Wildman–Crippen MR) is 94.7 cm³/mol. The number of aromatic amines is 1. The Labute approximate surface area is 135 Å². The van der Waals surface area contributed by atoms with Crippen LogP contribution < -0.4 is 0 Å². The first-order valence-electron chi connectivity index (χ1n) is 6.73. The highest BCUT2D eigenvalue weighted by molar-refractivity contribution is 9.10. The highest BCUT2D eigenvalue weighted by atomic mass is 79.9. The number of benzene rings is 2. The minimum absolute atomic E-state index is 1.09. The van der Waals surface area contributed by atoms with Crippen molar-refractivity contribution in [2.24, 2.45) is 0 Å². The van der Waals surface area contributed by atoms with Crippen LogP contribution in [-0.2, 0) is 0 Å². The molecule has 0 spiro atoms. The van der Waals surface area contributed by atoms with E-state index in [1.807, 2.05) is 0 Å². The molecule has 0 bridgehead atoms. The maximum absolute atomic E-state index is 3.58. The third-order valence-corrected chi connectivity index (χ3v) is 4.97. The second-order valence-electron chi connectivity index (χ2n) is 4.91. The summed E-state index contributed by atoms with van der Waals surface area (Å²) in [6.07, 6.45) is 0. The number of hydrogen-bond acceptors (Lipinski definition) is 1. The van der Waals surface area contributed by atoms with Crippen LogP contribution in [0.3, 0.4) is 0 Å². The number of fused-ring (bicyclic) bond motifs is 1. The fraction of sp³-hybridized carbons (Fsp3) is 0. The number of hydrogen-bond donors (Lipinski definition) is 1. The quantitative estimate of drug-likeness (QED) is 0.433. The molecule has 0 atom stereocenters. The lowest BCUT2D eigenvalue weighted by Gasteiger charge is -2.04. The van der Waals surface area contributed by atoms with Gasteiger partial charge in [0.2, 0.25) is 0 Å². The Hall–Kier alpha value is -1.84. The summed E-state index contributed by atoms with van der Waals surface area (Å²) in [6, 6.07) is 21.2. The van der Waals surface area contributed by atoms with E-state index in [1.54, 1.807) is 11.3 Å². The number of rotatable bonds is 2. The van der Waals surface area contributed by atoms with Crippen LogP contribution in [0.1, 0.15) is 0 Å². The maximum Gasteiger partial charge on any atom is 0.0553 e. The average molecular weight is 354 g/mol. The first kappa shape index (κ1) is 12.9. The van der Waals surface area contributed by atoms with Gasteiger partial charge in [0.05, 0.1) is 5.69 Å². The Morgan fingerprint density at radius 2 is 1.81 bits per heavy atom. The Bertz CT molecular complexity index is 906. The molecule has 0 fully saturated rings. The van der Waals surface area contributed by atoms with Crippen LogP contribution in [0.2, 0.25) is 0 Å². The predicted octanol–water partition coefficient (Wildman–Crippen LogP) is 6.33. The highest BCUT2D eigenvalue weighted by Crippen LogP contribution is 2.40. The third kappa shape index (κ3) is 2.23. The molecule has 3 heteroatoms. The lowest BCUT2D eigenvalue weighted by atomic mass is 10.0. The van der Waals surface area contributed by atoms with E-state index in [-0.39, 0.29) is 0 Å². The molecule has 1 N–H and O–H groups in total. The van der Waals surface area contributed by atoms with Crippen molar-refractivity contribution >= 4 is 38.2 Å². The Kier molecular flexibility index (Phi) is 3.17. The van der Waals surface area contributed by atoms with Gasteiger partial charge in [-0.25, -0.2) is 0 Å². The van der Waals surface area contributed by atoms with E-state index in [0.29, 0.717) is 0 Å². The van der Waals surface area contributed by atoms with Crippen molar-refractivity contribution in [3.63, 3.8) is 0 Å². The van der Waals surface area contributed by atoms with E-state index in [2.05, 4.69) is 87.0 Å². The van der Waals surface area contributed by atoms with Crippen LogP contribution in [0.25, 0.3) is 32.6 Å². The summed E-state index contributed by atoms with van der Waals surface area (Å²) in [5.74, 6) is 0. The fourth-order valence-corrected chi connectivity index (χ4v) is 3.87. The van der Waals surface area contributed by atoms with Crippen molar-refractivity contribution in [3.05, 3.63) is 70.5 Å². The molecule has 1 nitrogen and oxygen atoms in total. The molecule has 0 saturated carbocycles. The van der Waals surface area contributed by atoms with Gasteiger partial charge in [-0.05, 0) is 35.2 Å². The largest absolute Gasteiger partial charge is 0.354 e. The van der Waals surface area contributed by atoms with E-state index in [9.17, 15) is 0 Å². The van der Waals surface area contributed by atoms with Crippen LogP contribution in [0.4, 0.5) is 0 Å². The molecule has 21 heavy (non-hydrogen) atoms. The number of aromatic nitrogens is 1. The van der Waals surface area contributed by atoms with Crippen molar-refractivity contribution in [2.75, 3.05) is 0 Å². The van der Waals surface area contributed by atoms with E-state index in [1.165, 1.54) is 32.6 Å². The summed E-state index contributed by atoms with van der Waals surface area (Å²) in [5.41, 5.74) is 4.85. The molecule has 0 amide bonds. The van der Waals surface area contributed by atoms with Crippen molar-refractivity contribution in [2.45, 2.75) is 0 Å². The van der Waals surface area contributed by atoms with E-state index in [0.717, 1.165) is 4.47 Å². The molecule has 2 aromatic heterocycles. The fourth-order valence-electron chi connectivity index (χ4n) is 2.68. The zero-order chi connectivity index (χ0) is 14.2. The summed E-state index contributed by atoms with van der Waals surface area (Å²) in [4.78, 5) is 4.88. The maximum atomic E-state index is 3.58. The van der Waals surface area contributed by atoms with Crippen LogP contribution in [0.15, 0.2) is 70.5 Å². The molecular formula is C18H12BrNS. The molecular weight excluding hydrogens is 342 g/mol. The zero-order valence-corrected chi connectivity index (χ0v) is 13.5. The van der Waals surface area contributed by atoms with Gasteiger partial charge in [-0.3, -0.25) is 0 Å². The molecule has 0 aliphatic heterocycles. The zero-order valence-electron chi connectivity index (χ0n) is 11.1. The normalized spacial score (nSPS) is 11.1. The van der Waals surface area contributed by atoms with E-state index in [4.69, 9.17) is 0 Å². The summed E-state index contributed by atoms with van der Waals surface area (Å²) in [6.45, 7) is 0. The molecule has 4 aromatic rings. The van der Waals surface area contributed by atoms with Gasteiger partial charge in [0, 0.05) is 25.8 Å². The van der Waals surface area contributed by atoms with E-state index < -0.39 is 0 Å². The van der Waals surface area contributed by atoms with E-state index >= 15 is 0 Å². The lowest BCUT2D eigenvalue weighted by Crippen LogP contribution is -1.80. The van der Waals surface area contributed by atoms with Gasteiger partial charge < -0.3 is 4.98 Å². The van der Waals surface area contributed by atoms with Crippen LogP contribution in [0.5, 0.6) is 0 Å². The number of para-hydroxylation sites is 1. The van der Waals surface area contributed by atoms with Crippen LogP contribution in [0, 0.1) is 0 Å².